The predicted molar refractivity (Wildman–Crippen MR) is 91.6 cm³/mol. The van der Waals surface area contributed by atoms with Crippen molar-refractivity contribution in [2.45, 2.75) is 51.3 Å². The predicted octanol–water partition coefficient (Wildman–Crippen LogP) is 0.893. The van der Waals surface area contributed by atoms with Crippen LogP contribution >= 0.6 is 0 Å². The molecule has 2 aliphatic heterocycles. The van der Waals surface area contributed by atoms with Crippen molar-refractivity contribution >= 4 is 15.9 Å². The second kappa shape index (κ2) is 7.49. The molecule has 0 aliphatic carbocycles. The summed E-state index contributed by atoms with van der Waals surface area (Å²) in [4.78, 5) is 16.9. The molecule has 0 saturated carbocycles. The van der Waals surface area contributed by atoms with Crippen LogP contribution in [-0.2, 0) is 14.8 Å². The normalized spacial score (nSPS) is 29.5. The van der Waals surface area contributed by atoms with Crippen molar-refractivity contribution in [3.63, 3.8) is 0 Å². The van der Waals surface area contributed by atoms with Crippen LogP contribution in [0.2, 0.25) is 0 Å². The molecule has 3 unspecified atom stereocenters. The largest absolute Gasteiger partial charge is 0.341 e. The number of amides is 1. The number of nitrogens with zero attached hydrogens (tertiary/aromatic N) is 2. The van der Waals surface area contributed by atoms with Gasteiger partial charge in [0, 0.05) is 26.2 Å². The maximum absolute atomic E-state index is 12.8. The number of likely N-dealkylation sites (tertiary alicyclic amines) is 2. The molecule has 2 fully saturated rings. The van der Waals surface area contributed by atoms with Crippen LogP contribution in [-0.4, -0.2) is 68.6 Å². The highest BCUT2D eigenvalue weighted by atomic mass is 32.2. The van der Waals surface area contributed by atoms with E-state index in [0.29, 0.717) is 37.8 Å². The average molecular weight is 346 g/mol. The number of nitrogens with one attached hydrogen (secondary N) is 1. The topological polar surface area (TPSA) is 69.7 Å². The molecule has 7 heteroatoms. The van der Waals surface area contributed by atoms with Crippen LogP contribution in [0.5, 0.6) is 0 Å². The van der Waals surface area contributed by atoms with Crippen LogP contribution in [0.1, 0.15) is 40.0 Å². The van der Waals surface area contributed by atoms with E-state index in [1.807, 2.05) is 11.8 Å². The van der Waals surface area contributed by atoms with Crippen molar-refractivity contribution in [1.82, 2.24) is 14.5 Å². The standard InChI is InChI=1S/C16H31N3O3S/c1-12-9-13(2)11-19(10-12)16(20)14(3)18-7-5-15(6-8-18)23(21,22)17-4/h12-15,17H,5-11H2,1-4H3. The molecule has 1 N–H and O–H groups in total. The van der Waals surface area contributed by atoms with Gasteiger partial charge in [-0.1, -0.05) is 13.8 Å². The number of carbonyl (C=O) groups excluding carboxylic acids is 1. The molecule has 134 valence electrons. The van der Waals surface area contributed by atoms with Crippen LogP contribution < -0.4 is 4.72 Å². The second-order valence-corrected chi connectivity index (χ2v) is 9.51. The Balaban J connectivity index is 1.91. The summed E-state index contributed by atoms with van der Waals surface area (Å²) in [6, 6.07) is -0.161. The Hall–Kier alpha value is -0.660. The van der Waals surface area contributed by atoms with Gasteiger partial charge in [0.15, 0.2) is 0 Å². The van der Waals surface area contributed by atoms with Crippen LogP contribution in [0.4, 0.5) is 0 Å². The Morgan fingerprint density at radius 1 is 1.13 bits per heavy atom. The van der Waals surface area contributed by atoms with E-state index in [9.17, 15) is 13.2 Å². The first kappa shape index (κ1) is 18.7. The Morgan fingerprint density at radius 2 is 1.65 bits per heavy atom. The molecular weight excluding hydrogens is 314 g/mol. The first-order chi connectivity index (χ1) is 10.7. The third kappa shape index (κ3) is 4.45. The third-order valence-electron chi connectivity index (χ3n) is 5.29. The average Bonchev–Trinajstić information content (AvgIpc) is 2.52. The highest BCUT2D eigenvalue weighted by molar-refractivity contribution is 7.90. The van der Waals surface area contributed by atoms with Crippen molar-refractivity contribution in [3.8, 4) is 0 Å². The van der Waals surface area contributed by atoms with Crippen LogP contribution in [0.25, 0.3) is 0 Å². The van der Waals surface area contributed by atoms with Gasteiger partial charge >= 0.3 is 0 Å². The summed E-state index contributed by atoms with van der Waals surface area (Å²) in [5.41, 5.74) is 0. The van der Waals surface area contributed by atoms with Crippen LogP contribution in [0, 0.1) is 11.8 Å². The van der Waals surface area contributed by atoms with Crippen molar-refractivity contribution in [3.05, 3.63) is 0 Å². The number of rotatable bonds is 4. The smallest absolute Gasteiger partial charge is 0.239 e. The van der Waals surface area contributed by atoms with Gasteiger partial charge in [-0.15, -0.1) is 0 Å². The number of piperidine rings is 2. The van der Waals surface area contributed by atoms with E-state index in [4.69, 9.17) is 0 Å². The first-order valence-corrected chi connectivity index (χ1v) is 10.2. The third-order valence-corrected chi connectivity index (χ3v) is 7.20. The maximum Gasteiger partial charge on any atom is 0.239 e. The minimum Gasteiger partial charge on any atom is -0.341 e. The quantitative estimate of drug-likeness (QED) is 0.822. The van der Waals surface area contributed by atoms with Gasteiger partial charge in [0.25, 0.3) is 0 Å². The van der Waals surface area contributed by atoms with E-state index in [1.165, 1.54) is 13.5 Å². The van der Waals surface area contributed by atoms with Gasteiger partial charge in [0.1, 0.15) is 0 Å². The SMILES string of the molecule is CNS(=O)(=O)C1CCN(C(C)C(=O)N2CC(C)CC(C)C2)CC1. The first-order valence-electron chi connectivity index (χ1n) is 8.69. The summed E-state index contributed by atoms with van der Waals surface area (Å²) in [7, 11) is -1.73. The lowest BCUT2D eigenvalue weighted by Crippen LogP contribution is -2.54. The van der Waals surface area contributed by atoms with Crippen LogP contribution in [0.3, 0.4) is 0 Å². The van der Waals surface area contributed by atoms with Crippen molar-refractivity contribution in [2.75, 3.05) is 33.2 Å². The van der Waals surface area contributed by atoms with E-state index < -0.39 is 10.0 Å². The summed E-state index contributed by atoms with van der Waals surface area (Å²) >= 11 is 0. The zero-order chi connectivity index (χ0) is 17.2. The van der Waals surface area contributed by atoms with Gasteiger partial charge < -0.3 is 4.90 Å². The summed E-state index contributed by atoms with van der Waals surface area (Å²) in [6.45, 7) is 9.38. The Morgan fingerprint density at radius 3 is 2.13 bits per heavy atom. The molecule has 0 radical (unpaired) electrons. The summed E-state index contributed by atoms with van der Waals surface area (Å²) < 4.78 is 26.2. The molecule has 0 aromatic heterocycles. The summed E-state index contributed by atoms with van der Waals surface area (Å²) in [5.74, 6) is 1.31. The maximum atomic E-state index is 12.8. The molecule has 2 rings (SSSR count). The molecule has 0 aromatic rings. The molecule has 3 atom stereocenters. The van der Waals surface area contributed by atoms with Gasteiger partial charge in [-0.05, 0) is 45.1 Å². The zero-order valence-corrected chi connectivity index (χ0v) is 15.6. The molecule has 0 aromatic carbocycles. The Labute approximate surface area is 140 Å². The monoisotopic (exact) mass is 345 g/mol. The zero-order valence-electron chi connectivity index (χ0n) is 14.8. The molecule has 6 nitrogen and oxygen atoms in total. The van der Waals surface area contributed by atoms with E-state index in [2.05, 4.69) is 23.5 Å². The van der Waals surface area contributed by atoms with E-state index in [0.717, 1.165) is 13.1 Å². The van der Waals surface area contributed by atoms with Gasteiger partial charge in [0.05, 0.1) is 11.3 Å². The van der Waals surface area contributed by atoms with Crippen molar-refractivity contribution in [2.24, 2.45) is 11.8 Å². The lowest BCUT2D eigenvalue weighted by Gasteiger charge is -2.40. The van der Waals surface area contributed by atoms with Gasteiger partial charge in [-0.3, -0.25) is 9.69 Å². The summed E-state index contributed by atoms with van der Waals surface area (Å²) in [6.07, 6.45) is 2.37. The molecule has 0 bridgehead atoms. The van der Waals surface area contributed by atoms with E-state index in [-0.39, 0.29) is 17.2 Å². The number of hydrogen-bond acceptors (Lipinski definition) is 4. The number of sulfonamides is 1. The second-order valence-electron chi connectivity index (χ2n) is 7.35. The lowest BCUT2D eigenvalue weighted by atomic mass is 9.91. The lowest BCUT2D eigenvalue weighted by molar-refractivity contribution is -0.139. The molecule has 2 heterocycles. The summed E-state index contributed by atoms with van der Waals surface area (Å²) in [5, 5.41) is -0.332. The minimum atomic E-state index is -3.20. The van der Waals surface area contributed by atoms with Gasteiger partial charge in [-0.2, -0.15) is 0 Å². The number of carbonyl (C=O) groups is 1. The fraction of sp³-hybridized carbons (Fsp3) is 0.938. The molecule has 2 saturated heterocycles. The minimum absolute atomic E-state index is 0.161. The molecule has 0 spiro atoms. The van der Waals surface area contributed by atoms with E-state index in [1.54, 1.807) is 0 Å². The molecular formula is C16H31N3O3S. The fourth-order valence-corrected chi connectivity index (χ4v) is 5.17. The van der Waals surface area contributed by atoms with Gasteiger partial charge in [0.2, 0.25) is 15.9 Å². The van der Waals surface area contributed by atoms with Gasteiger partial charge in [-0.25, -0.2) is 13.1 Å². The highest BCUT2D eigenvalue weighted by Crippen LogP contribution is 2.24. The Bertz CT molecular complexity index is 505. The molecule has 2 aliphatic rings. The van der Waals surface area contributed by atoms with E-state index >= 15 is 0 Å². The van der Waals surface area contributed by atoms with Crippen molar-refractivity contribution in [1.29, 1.82) is 0 Å². The number of hydrogen-bond donors (Lipinski definition) is 1. The fourth-order valence-electron chi connectivity index (χ4n) is 4.00. The molecule has 1 amide bonds. The van der Waals surface area contributed by atoms with Crippen molar-refractivity contribution < 1.29 is 13.2 Å². The van der Waals surface area contributed by atoms with Crippen LogP contribution in [0.15, 0.2) is 0 Å². The Kier molecular flexibility index (Phi) is 6.08. The highest BCUT2D eigenvalue weighted by Gasteiger charge is 2.35. The molecule has 23 heavy (non-hydrogen) atoms.